The number of aliphatic hydroxyl groups excluding tert-OH is 1. The van der Waals surface area contributed by atoms with E-state index >= 15 is 0 Å². The maximum absolute atomic E-state index is 8.69. The van der Waals surface area contributed by atoms with Crippen LogP contribution in [-0.2, 0) is 6.54 Å². The van der Waals surface area contributed by atoms with Crippen molar-refractivity contribution in [1.29, 1.82) is 0 Å². The van der Waals surface area contributed by atoms with Gasteiger partial charge in [0, 0.05) is 24.4 Å². The largest absolute Gasteiger partial charge is 0.399 e. The first-order valence-electron chi connectivity index (χ1n) is 6.16. The SMILES string of the molecule is Nc1ccc(-c2ncn(CCCCCO)n2)cc1. The van der Waals surface area contributed by atoms with Crippen LogP contribution >= 0.6 is 0 Å². The van der Waals surface area contributed by atoms with E-state index in [1.807, 2.05) is 28.9 Å². The number of nitrogen functional groups attached to an aromatic ring is 1. The van der Waals surface area contributed by atoms with Crippen molar-refractivity contribution >= 4 is 5.69 Å². The first-order valence-corrected chi connectivity index (χ1v) is 6.16. The molecule has 2 rings (SSSR count). The fourth-order valence-electron chi connectivity index (χ4n) is 1.73. The molecule has 18 heavy (non-hydrogen) atoms. The Morgan fingerprint density at radius 3 is 2.61 bits per heavy atom. The van der Waals surface area contributed by atoms with Crippen LogP contribution in [0.3, 0.4) is 0 Å². The van der Waals surface area contributed by atoms with E-state index < -0.39 is 0 Å². The molecule has 1 heterocycles. The van der Waals surface area contributed by atoms with E-state index in [2.05, 4.69) is 10.1 Å². The van der Waals surface area contributed by atoms with E-state index in [1.165, 1.54) is 0 Å². The third kappa shape index (κ3) is 3.30. The van der Waals surface area contributed by atoms with Gasteiger partial charge in [0.05, 0.1) is 0 Å². The first kappa shape index (κ1) is 12.6. The Morgan fingerprint density at radius 1 is 1.11 bits per heavy atom. The quantitative estimate of drug-likeness (QED) is 0.600. The van der Waals surface area contributed by atoms with E-state index in [-0.39, 0.29) is 6.61 Å². The Hall–Kier alpha value is -1.88. The molecule has 1 aromatic heterocycles. The molecule has 0 aliphatic rings. The second-order valence-corrected chi connectivity index (χ2v) is 4.24. The molecule has 3 N–H and O–H groups in total. The normalized spacial score (nSPS) is 10.7. The molecule has 0 atom stereocenters. The number of hydrogen-bond donors (Lipinski definition) is 2. The lowest BCUT2D eigenvalue weighted by Crippen LogP contribution is -1.99. The third-order valence-electron chi connectivity index (χ3n) is 2.75. The number of hydrogen-bond acceptors (Lipinski definition) is 4. The average Bonchev–Trinajstić information content (AvgIpc) is 2.84. The maximum atomic E-state index is 8.69. The van der Waals surface area contributed by atoms with Gasteiger partial charge in [-0.25, -0.2) is 4.98 Å². The number of aliphatic hydroxyl groups is 1. The van der Waals surface area contributed by atoms with Gasteiger partial charge in [-0.1, -0.05) is 0 Å². The predicted molar refractivity (Wildman–Crippen MR) is 70.8 cm³/mol. The first-order chi connectivity index (χ1) is 8.79. The molecule has 0 aliphatic heterocycles. The van der Waals surface area contributed by atoms with E-state index in [0.29, 0.717) is 0 Å². The molecule has 0 aliphatic carbocycles. The van der Waals surface area contributed by atoms with Crippen LogP contribution in [0.2, 0.25) is 0 Å². The number of nitrogens with two attached hydrogens (primary N) is 1. The summed E-state index contributed by atoms with van der Waals surface area (Å²) in [4.78, 5) is 4.28. The van der Waals surface area contributed by atoms with Gasteiger partial charge < -0.3 is 10.8 Å². The molecule has 96 valence electrons. The number of anilines is 1. The zero-order valence-electron chi connectivity index (χ0n) is 10.3. The Balaban J connectivity index is 1.95. The summed E-state index contributed by atoms with van der Waals surface area (Å²) >= 11 is 0. The molecule has 0 saturated heterocycles. The van der Waals surface area contributed by atoms with Crippen LogP contribution < -0.4 is 5.73 Å². The highest BCUT2D eigenvalue weighted by Crippen LogP contribution is 2.15. The summed E-state index contributed by atoms with van der Waals surface area (Å²) in [5, 5.41) is 13.1. The minimum Gasteiger partial charge on any atom is -0.399 e. The molecule has 0 saturated carbocycles. The standard InChI is InChI=1S/C13H18N4O/c14-12-6-4-11(5-7-12)13-15-10-17(16-13)8-2-1-3-9-18/h4-7,10,18H,1-3,8-9,14H2. The summed E-state index contributed by atoms with van der Waals surface area (Å²) in [6.07, 6.45) is 4.60. The molecule has 0 amide bonds. The van der Waals surface area contributed by atoms with Crippen molar-refractivity contribution in [2.45, 2.75) is 25.8 Å². The molecule has 2 aromatic rings. The van der Waals surface area contributed by atoms with E-state index in [4.69, 9.17) is 10.8 Å². The molecular weight excluding hydrogens is 228 g/mol. The minimum absolute atomic E-state index is 0.258. The maximum Gasteiger partial charge on any atom is 0.181 e. The molecule has 0 spiro atoms. The zero-order chi connectivity index (χ0) is 12.8. The Kier molecular flexibility index (Phi) is 4.30. The van der Waals surface area contributed by atoms with Gasteiger partial charge in [0.1, 0.15) is 6.33 Å². The van der Waals surface area contributed by atoms with Crippen LogP contribution in [0.4, 0.5) is 5.69 Å². The summed E-state index contributed by atoms with van der Waals surface area (Å²) in [5.74, 6) is 0.720. The monoisotopic (exact) mass is 246 g/mol. The molecular formula is C13H18N4O. The lowest BCUT2D eigenvalue weighted by atomic mass is 10.2. The van der Waals surface area contributed by atoms with Gasteiger partial charge in [0.2, 0.25) is 0 Å². The fraction of sp³-hybridized carbons (Fsp3) is 0.385. The number of aromatic nitrogens is 3. The molecule has 0 bridgehead atoms. The summed E-state index contributed by atoms with van der Waals surface area (Å²) in [5.41, 5.74) is 7.35. The van der Waals surface area contributed by atoms with Crippen LogP contribution in [0.5, 0.6) is 0 Å². The number of aryl methyl sites for hydroxylation is 1. The molecule has 0 radical (unpaired) electrons. The van der Waals surface area contributed by atoms with Crippen molar-refractivity contribution in [3.8, 4) is 11.4 Å². The van der Waals surface area contributed by atoms with Crippen molar-refractivity contribution in [3.05, 3.63) is 30.6 Å². The van der Waals surface area contributed by atoms with Crippen molar-refractivity contribution in [2.75, 3.05) is 12.3 Å². The number of nitrogens with zero attached hydrogens (tertiary/aromatic N) is 3. The lowest BCUT2D eigenvalue weighted by molar-refractivity contribution is 0.281. The fourth-order valence-corrected chi connectivity index (χ4v) is 1.73. The molecule has 5 heteroatoms. The van der Waals surface area contributed by atoms with E-state index in [0.717, 1.165) is 42.9 Å². The molecule has 5 nitrogen and oxygen atoms in total. The Labute approximate surface area is 106 Å². The Bertz CT molecular complexity index is 478. The highest BCUT2D eigenvalue weighted by atomic mass is 16.2. The minimum atomic E-state index is 0.258. The van der Waals surface area contributed by atoms with Crippen molar-refractivity contribution < 1.29 is 5.11 Å². The van der Waals surface area contributed by atoms with Gasteiger partial charge in [0.15, 0.2) is 5.82 Å². The summed E-state index contributed by atoms with van der Waals surface area (Å²) in [6.45, 7) is 1.09. The highest BCUT2D eigenvalue weighted by molar-refractivity contribution is 5.57. The van der Waals surface area contributed by atoms with E-state index in [9.17, 15) is 0 Å². The van der Waals surface area contributed by atoms with Crippen LogP contribution in [0.15, 0.2) is 30.6 Å². The van der Waals surface area contributed by atoms with Gasteiger partial charge in [-0.2, -0.15) is 5.10 Å². The van der Waals surface area contributed by atoms with Gasteiger partial charge in [0.25, 0.3) is 0 Å². The smallest absolute Gasteiger partial charge is 0.181 e. The molecule has 0 unspecified atom stereocenters. The summed E-state index contributed by atoms with van der Waals surface area (Å²) in [6, 6.07) is 7.52. The van der Waals surface area contributed by atoms with Gasteiger partial charge >= 0.3 is 0 Å². The van der Waals surface area contributed by atoms with Crippen LogP contribution in [0.1, 0.15) is 19.3 Å². The zero-order valence-corrected chi connectivity index (χ0v) is 10.3. The molecule has 1 aromatic carbocycles. The number of benzene rings is 1. The molecule has 0 fully saturated rings. The number of rotatable bonds is 6. The average molecular weight is 246 g/mol. The number of unbranched alkanes of at least 4 members (excludes halogenated alkanes) is 2. The van der Waals surface area contributed by atoms with Crippen molar-refractivity contribution in [2.24, 2.45) is 0 Å². The summed E-state index contributed by atoms with van der Waals surface area (Å²) in [7, 11) is 0. The van der Waals surface area contributed by atoms with Gasteiger partial charge in [-0.05, 0) is 43.5 Å². The predicted octanol–water partition coefficient (Wildman–Crippen LogP) is 1.69. The topological polar surface area (TPSA) is 77.0 Å². The lowest BCUT2D eigenvalue weighted by Gasteiger charge is -1.99. The Morgan fingerprint density at radius 2 is 1.89 bits per heavy atom. The van der Waals surface area contributed by atoms with Crippen LogP contribution in [0, 0.1) is 0 Å². The van der Waals surface area contributed by atoms with Gasteiger partial charge in [-0.15, -0.1) is 0 Å². The second kappa shape index (κ2) is 6.16. The van der Waals surface area contributed by atoms with Crippen LogP contribution in [-0.4, -0.2) is 26.5 Å². The second-order valence-electron chi connectivity index (χ2n) is 4.24. The summed E-state index contributed by atoms with van der Waals surface area (Å²) < 4.78 is 1.84. The highest BCUT2D eigenvalue weighted by Gasteiger charge is 2.03. The van der Waals surface area contributed by atoms with Crippen LogP contribution in [0.25, 0.3) is 11.4 Å². The van der Waals surface area contributed by atoms with Crippen molar-refractivity contribution in [1.82, 2.24) is 14.8 Å². The van der Waals surface area contributed by atoms with Crippen molar-refractivity contribution in [3.63, 3.8) is 0 Å². The third-order valence-corrected chi connectivity index (χ3v) is 2.75. The van der Waals surface area contributed by atoms with Gasteiger partial charge in [-0.3, -0.25) is 4.68 Å². The van der Waals surface area contributed by atoms with E-state index in [1.54, 1.807) is 6.33 Å².